The van der Waals surface area contributed by atoms with Gasteiger partial charge in [-0.15, -0.1) is 0 Å². The fourth-order valence-corrected chi connectivity index (χ4v) is 1.59. The van der Waals surface area contributed by atoms with Gasteiger partial charge in [0.05, 0.1) is 6.10 Å². The zero-order chi connectivity index (χ0) is 10.0. The Morgan fingerprint density at radius 2 is 2.00 bits per heavy atom. The van der Waals surface area contributed by atoms with Gasteiger partial charge in [0.25, 0.3) is 0 Å². The van der Waals surface area contributed by atoms with Crippen molar-refractivity contribution in [2.45, 2.75) is 52.3 Å². The molecule has 0 saturated carbocycles. The van der Waals surface area contributed by atoms with E-state index in [1.165, 1.54) is 0 Å². The molecule has 3 nitrogen and oxygen atoms in total. The number of hydrogen-bond donors (Lipinski definition) is 0. The molecule has 0 aromatic heterocycles. The molecule has 1 rings (SSSR count). The molecule has 0 amide bonds. The van der Waals surface area contributed by atoms with Crippen LogP contribution >= 0.6 is 0 Å². The maximum Gasteiger partial charge on any atom is 0.323 e. The molecule has 1 unspecified atom stereocenters. The summed E-state index contributed by atoms with van der Waals surface area (Å²) in [5.41, 5.74) is 0. The molecule has 0 aliphatic carbocycles. The minimum Gasteiger partial charge on any atom is -0.462 e. The number of likely N-dealkylation sites (tertiary alicyclic amines) is 1. The molecule has 0 radical (unpaired) electrons. The summed E-state index contributed by atoms with van der Waals surface area (Å²) in [6, 6.07) is 0.459. The Labute approximate surface area is 80.1 Å². The highest BCUT2D eigenvalue weighted by atomic mass is 16.5. The minimum absolute atomic E-state index is 0.00196. The molecule has 0 spiro atoms. The molecule has 0 aromatic rings. The third kappa shape index (κ3) is 2.44. The lowest BCUT2D eigenvalue weighted by Gasteiger charge is -2.42. The number of rotatable bonds is 3. The molecule has 3 heteroatoms. The summed E-state index contributed by atoms with van der Waals surface area (Å²) in [7, 11) is 0. The summed E-state index contributed by atoms with van der Waals surface area (Å²) in [5.74, 6) is -0.0602. The Hall–Kier alpha value is -0.570. The first kappa shape index (κ1) is 10.5. The Morgan fingerprint density at radius 1 is 1.38 bits per heavy atom. The Balaban J connectivity index is 2.40. The van der Waals surface area contributed by atoms with Crippen LogP contribution in [0, 0.1) is 0 Å². The van der Waals surface area contributed by atoms with Crippen LogP contribution in [0.4, 0.5) is 0 Å². The molecule has 0 bridgehead atoms. The average molecular weight is 185 g/mol. The molecule has 1 saturated heterocycles. The normalized spacial score (nSPS) is 23.4. The van der Waals surface area contributed by atoms with Crippen LogP contribution in [0.1, 0.15) is 34.1 Å². The van der Waals surface area contributed by atoms with Crippen LogP contribution in [0.3, 0.4) is 0 Å². The number of carbonyl (C=O) groups excluding carboxylic acids is 1. The monoisotopic (exact) mass is 185 g/mol. The Morgan fingerprint density at radius 3 is 2.31 bits per heavy atom. The van der Waals surface area contributed by atoms with E-state index in [1.54, 1.807) is 0 Å². The highest BCUT2D eigenvalue weighted by molar-refractivity contribution is 5.77. The molecular weight excluding hydrogens is 166 g/mol. The number of carbonyl (C=O) groups is 1. The van der Waals surface area contributed by atoms with E-state index in [0.29, 0.717) is 6.04 Å². The standard InChI is InChI=1S/C10H19NO2/c1-7(2)11-6-5-9(11)10(12)13-8(3)4/h7-9H,5-6H2,1-4H3. The minimum atomic E-state index is -0.0602. The van der Waals surface area contributed by atoms with Crippen LogP contribution in [0.25, 0.3) is 0 Å². The largest absolute Gasteiger partial charge is 0.462 e. The van der Waals surface area contributed by atoms with Crippen LogP contribution in [-0.2, 0) is 9.53 Å². The van der Waals surface area contributed by atoms with Gasteiger partial charge >= 0.3 is 5.97 Å². The first-order valence-electron chi connectivity index (χ1n) is 4.98. The molecule has 1 atom stereocenters. The van der Waals surface area contributed by atoms with Gasteiger partial charge in [-0.3, -0.25) is 9.69 Å². The van der Waals surface area contributed by atoms with Gasteiger partial charge in [-0.1, -0.05) is 0 Å². The quantitative estimate of drug-likeness (QED) is 0.623. The summed E-state index contributed by atoms with van der Waals surface area (Å²) < 4.78 is 5.15. The van der Waals surface area contributed by atoms with Crippen LogP contribution < -0.4 is 0 Å². The van der Waals surface area contributed by atoms with E-state index in [1.807, 2.05) is 13.8 Å². The van der Waals surface area contributed by atoms with Crippen molar-refractivity contribution in [1.82, 2.24) is 4.90 Å². The third-order valence-electron chi connectivity index (χ3n) is 2.35. The van der Waals surface area contributed by atoms with E-state index in [4.69, 9.17) is 4.74 Å². The van der Waals surface area contributed by atoms with Crippen molar-refractivity contribution >= 4 is 5.97 Å². The van der Waals surface area contributed by atoms with Gasteiger partial charge in [0.15, 0.2) is 0 Å². The average Bonchev–Trinajstić information content (AvgIpc) is 1.79. The molecular formula is C10H19NO2. The maximum atomic E-state index is 11.5. The van der Waals surface area contributed by atoms with Crippen LogP contribution in [0.2, 0.25) is 0 Å². The lowest BCUT2D eigenvalue weighted by molar-refractivity contribution is -0.160. The molecule has 1 heterocycles. The summed E-state index contributed by atoms with van der Waals surface area (Å²) in [6.07, 6.45) is 0.950. The van der Waals surface area contributed by atoms with Crippen LogP contribution in [-0.4, -0.2) is 35.6 Å². The van der Waals surface area contributed by atoms with Crippen molar-refractivity contribution in [3.05, 3.63) is 0 Å². The van der Waals surface area contributed by atoms with Gasteiger partial charge in [-0.05, 0) is 34.1 Å². The van der Waals surface area contributed by atoms with E-state index >= 15 is 0 Å². The van der Waals surface area contributed by atoms with E-state index < -0.39 is 0 Å². The molecule has 1 aliphatic rings. The fraction of sp³-hybridized carbons (Fsp3) is 0.900. The highest BCUT2D eigenvalue weighted by Crippen LogP contribution is 2.21. The fourth-order valence-electron chi connectivity index (χ4n) is 1.59. The van der Waals surface area contributed by atoms with E-state index in [9.17, 15) is 4.79 Å². The topological polar surface area (TPSA) is 29.5 Å². The number of esters is 1. The maximum absolute atomic E-state index is 11.5. The van der Waals surface area contributed by atoms with E-state index in [-0.39, 0.29) is 18.1 Å². The number of hydrogen-bond acceptors (Lipinski definition) is 3. The second kappa shape index (κ2) is 4.09. The summed E-state index contributed by atoms with van der Waals surface area (Å²) in [6.45, 7) is 9.01. The zero-order valence-corrected chi connectivity index (χ0v) is 8.91. The number of nitrogens with zero attached hydrogens (tertiary/aromatic N) is 1. The van der Waals surface area contributed by atoms with Gasteiger partial charge in [0.1, 0.15) is 6.04 Å². The van der Waals surface area contributed by atoms with Crippen LogP contribution in [0.5, 0.6) is 0 Å². The van der Waals surface area contributed by atoms with Crippen molar-refractivity contribution in [2.75, 3.05) is 6.54 Å². The third-order valence-corrected chi connectivity index (χ3v) is 2.35. The van der Waals surface area contributed by atoms with Crippen LogP contribution in [0.15, 0.2) is 0 Å². The van der Waals surface area contributed by atoms with Crippen molar-refractivity contribution in [3.63, 3.8) is 0 Å². The van der Waals surface area contributed by atoms with E-state index in [0.717, 1.165) is 13.0 Å². The van der Waals surface area contributed by atoms with Gasteiger partial charge in [0, 0.05) is 12.6 Å². The predicted molar refractivity (Wildman–Crippen MR) is 51.5 cm³/mol. The Kier molecular flexibility index (Phi) is 3.31. The molecule has 0 N–H and O–H groups in total. The van der Waals surface area contributed by atoms with Crippen molar-refractivity contribution in [1.29, 1.82) is 0 Å². The summed E-state index contributed by atoms with van der Waals surface area (Å²) >= 11 is 0. The molecule has 1 aliphatic heterocycles. The first-order chi connectivity index (χ1) is 6.02. The molecule has 13 heavy (non-hydrogen) atoms. The van der Waals surface area contributed by atoms with Crippen molar-refractivity contribution in [2.24, 2.45) is 0 Å². The molecule has 1 fully saturated rings. The molecule has 0 aromatic carbocycles. The summed E-state index contributed by atoms with van der Waals surface area (Å²) in [5, 5.41) is 0. The van der Waals surface area contributed by atoms with Gasteiger partial charge in [-0.2, -0.15) is 0 Å². The molecule has 76 valence electrons. The second-order valence-corrected chi connectivity index (χ2v) is 4.12. The highest BCUT2D eigenvalue weighted by Gasteiger charge is 2.36. The predicted octanol–water partition coefficient (Wildman–Crippen LogP) is 1.42. The van der Waals surface area contributed by atoms with E-state index in [2.05, 4.69) is 18.7 Å². The van der Waals surface area contributed by atoms with Crippen molar-refractivity contribution < 1.29 is 9.53 Å². The van der Waals surface area contributed by atoms with Gasteiger partial charge in [-0.25, -0.2) is 0 Å². The Bertz CT molecular complexity index is 189. The smallest absolute Gasteiger partial charge is 0.323 e. The lowest BCUT2D eigenvalue weighted by atomic mass is 10.0. The number of ether oxygens (including phenoxy) is 1. The first-order valence-corrected chi connectivity index (χ1v) is 4.98. The van der Waals surface area contributed by atoms with Gasteiger partial charge < -0.3 is 4.74 Å². The zero-order valence-electron chi connectivity index (χ0n) is 8.91. The SMILES string of the molecule is CC(C)OC(=O)C1CCN1C(C)C. The summed E-state index contributed by atoms with van der Waals surface area (Å²) in [4.78, 5) is 13.7. The van der Waals surface area contributed by atoms with Crippen molar-refractivity contribution in [3.8, 4) is 0 Å². The second-order valence-electron chi connectivity index (χ2n) is 4.12. The lowest BCUT2D eigenvalue weighted by Crippen LogP contribution is -2.56. The van der Waals surface area contributed by atoms with Gasteiger partial charge in [0.2, 0.25) is 0 Å².